The summed E-state index contributed by atoms with van der Waals surface area (Å²) in [6.07, 6.45) is 6.53. The zero-order valence-electron chi connectivity index (χ0n) is 15.5. The molecule has 0 spiro atoms. The van der Waals surface area contributed by atoms with Crippen molar-refractivity contribution in [3.63, 3.8) is 0 Å². The van der Waals surface area contributed by atoms with Crippen LogP contribution < -0.4 is 10.1 Å². The Balaban J connectivity index is 1.81. The molecule has 1 saturated heterocycles. The van der Waals surface area contributed by atoms with E-state index in [1.165, 1.54) is 10.4 Å². The van der Waals surface area contributed by atoms with E-state index in [0.717, 1.165) is 12.8 Å². The number of carbonyl (C=O) groups excluding carboxylic acids is 1. The van der Waals surface area contributed by atoms with Crippen molar-refractivity contribution in [1.82, 2.24) is 4.31 Å². The van der Waals surface area contributed by atoms with Gasteiger partial charge in [0.25, 0.3) is 0 Å². The largest absolute Gasteiger partial charge is 0.492 e. The fourth-order valence-corrected chi connectivity index (χ4v) is 4.87. The number of nitrogens with zero attached hydrogens (tertiary/aromatic N) is 1. The highest BCUT2D eigenvalue weighted by atomic mass is 32.2. The summed E-state index contributed by atoms with van der Waals surface area (Å²) in [5.74, 6) is 0.426. The highest BCUT2D eigenvalue weighted by Crippen LogP contribution is 2.31. The summed E-state index contributed by atoms with van der Waals surface area (Å²) in [5, 5.41) is 2.82. The van der Waals surface area contributed by atoms with Gasteiger partial charge in [0.2, 0.25) is 15.9 Å². The lowest BCUT2D eigenvalue weighted by molar-refractivity contribution is -0.116. The SMILES string of the molecule is CCOc1ccc(NC(=O)CC2C=CCC2)cc1S(=O)(=O)N1CCOCC1. The highest BCUT2D eigenvalue weighted by molar-refractivity contribution is 7.89. The maximum atomic E-state index is 13.1. The molecule has 1 aromatic rings. The maximum absolute atomic E-state index is 13.1. The second-order valence-electron chi connectivity index (χ2n) is 6.63. The number of morpholine rings is 1. The molecule has 2 aliphatic rings. The van der Waals surface area contributed by atoms with E-state index in [0.29, 0.717) is 50.8 Å². The lowest BCUT2D eigenvalue weighted by atomic mass is 10.1. The van der Waals surface area contributed by atoms with Crippen LogP contribution in [0.1, 0.15) is 26.2 Å². The Morgan fingerprint density at radius 2 is 2.11 bits per heavy atom. The van der Waals surface area contributed by atoms with Crippen molar-refractivity contribution in [3.05, 3.63) is 30.4 Å². The van der Waals surface area contributed by atoms with Gasteiger partial charge in [0.15, 0.2) is 0 Å². The molecule has 1 N–H and O–H groups in total. The molecule has 1 aromatic carbocycles. The molecule has 148 valence electrons. The number of ether oxygens (including phenoxy) is 2. The first-order valence-corrected chi connectivity index (χ1v) is 10.8. The summed E-state index contributed by atoms with van der Waals surface area (Å²) < 4.78 is 38.3. The first kappa shape index (κ1) is 19.9. The van der Waals surface area contributed by atoms with Crippen molar-refractivity contribution in [1.29, 1.82) is 0 Å². The van der Waals surface area contributed by atoms with Crippen LogP contribution in [0.25, 0.3) is 0 Å². The number of nitrogens with one attached hydrogen (secondary N) is 1. The number of rotatable bonds is 7. The van der Waals surface area contributed by atoms with Crippen molar-refractivity contribution >= 4 is 21.6 Å². The van der Waals surface area contributed by atoms with E-state index in [-0.39, 0.29) is 16.7 Å². The molecule has 7 nitrogen and oxygen atoms in total. The number of carbonyl (C=O) groups is 1. The van der Waals surface area contributed by atoms with Crippen LogP contribution >= 0.6 is 0 Å². The van der Waals surface area contributed by atoms with E-state index in [1.54, 1.807) is 19.1 Å². The van der Waals surface area contributed by atoms with Gasteiger partial charge >= 0.3 is 0 Å². The Kier molecular flexibility index (Phi) is 6.51. The third kappa shape index (κ3) is 4.88. The molecule has 1 atom stereocenters. The number of sulfonamides is 1. The van der Waals surface area contributed by atoms with Gasteiger partial charge < -0.3 is 14.8 Å². The van der Waals surface area contributed by atoms with Gasteiger partial charge in [0.05, 0.1) is 19.8 Å². The van der Waals surface area contributed by atoms with Gasteiger partial charge in [-0.05, 0) is 43.9 Å². The van der Waals surface area contributed by atoms with Crippen LogP contribution in [0.5, 0.6) is 5.75 Å². The van der Waals surface area contributed by atoms with Gasteiger partial charge in [-0.25, -0.2) is 8.42 Å². The molecule has 27 heavy (non-hydrogen) atoms. The molecule has 3 rings (SSSR count). The lowest BCUT2D eigenvalue weighted by Gasteiger charge is -2.27. The lowest BCUT2D eigenvalue weighted by Crippen LogP contribution is -2.40. The fraction of sp³-hybridized carbons (Fsp3) is 0.526. The Bertz CT molecular complexity index is 800. The Hall–Kier alpha value is -1.90. The van der Waals surface area contributed by atoms with Crippen molar-refractivity contribution in [2.75, 3.05) is 38.2 Å². The average Bonchev–Trinajstić information content (AvgIpc) is 3.16. The van der Waals surface area contributed by atoms with E-state index in [1.807, 2.05) is 0 Å². The van der Waals surface area contributed by atoms with Crippen LogP contribution in [0.2, 0.25) is 0 Å². The van der Waals surface area contributed by atoms with Crippen LogP contribution in [0.15, 0.2) is 35.2 Å². The predicted molar refractivity (Wildman–Crippen MR) is 102 cm³/mol. The number of amides is 1. The molecule has 1 unspecified atom stereocenters. The Labute approximate surface area is 160 Å². The molecule has 0 radical (unpaired) electrons. The van der Waals surface area contributed by atoms with Crippen LogP contribution in [0, 0.1) is 5.92 Å². The van der Waals surface area contributed by atoms with Crippen LogP contribution in [0.3, 0.4) is 0 Å². The number of hydrogen-bond donors (Lipinski definition) is 1. The van der Waals surface area contributed by atoms with E-state index >= 15 is 0 Å². The predicted octanol–water partition coefficient (Wildman–Crippen LogP) is 2.40. The van der Waals surface area contributed by atoms with E-state index in [2.05, 4.69) is 17.5 Å². The second kappa shape index (κ2) is 8.86. The molecule has 1 aliphatic carbocycles. The van der Waals surface area contributed by atoms with Crippen molar-refractivity contribution in [2.24, 2.45) is 5.92 Å². The third-order valence-corrected chi connectivity index (χ3v) is 6.59. The fourth-order valence-electron chi connectivity index (χ4n) is 3.30. The molecule has 1 amide bonds. The highest BCUT2D eigenvalue weighted by Gasteiger charge is 2.30. The number of hydrogen-bond acceptors (Lipinski definition) is 5. The van der Waals surface area contributed by atoms with Crippen LogP contribution in [0.4, 0.5) is 5.69 Å². The maximum Gasteiger partial charge on any atom is 0.246 e. The normalized spacial score (nSPS) is 20.6. The topological polar surface area (TPSA) is 84.9 Å². The first-order valence-electron chi connectivity index (χ1n) is 9.32. The molecular weight excluding hydrogens is 368 g/mol. The van der Waals surface area contributed by atoms with E-state index in [4.69, 9.17) is 9.47 Å². The zero-order chi connectivity index (χ0) is 19.3. The van der Waals surface area contributed by atoms with Gasteiger partial charge in [0.1, 0.15) is 10.6 Å². The number of anilines is 1. The summed E-state index contributed by atoms with van der Waals surface area (Å²) in [5.41, 5.74) is 0.456. The summed E-state index contributed by atoms with van der Waals surface area (Å²) in [4.78, 5) is 12.4. The first-order chi connectivity index (χ1) is 13.0. The Morgan fingerprint density at radius 1 is 1.33 bits per heavy atom. The van der Waals surface area contributed by atoms with E-state index < -0.39 is 10.0 Å². The molecule has 8 heteroatoms. The molecule has 1 aliphatic heterocycles. The van der Waals surface area contributed by atoms with Crippen LogP contribution in [-0.4, -0.2) is 51.5 Å². The van der Waals surface area contributed by atoms with Gasteiger partial charge in [0, 0.05) is 25.2 Å². The van der Waals surface area contributed by atoms with Gasteiger partial charge in [-0.2, -0.15) is 4.31 Å². The smallest absolute Gasteiger partial charge is 0.246 e. The van der Waals surface area contributed by atoms with Gasteiger partial charge in [-0.1, -0.05) is 12.2 Å². The second-order valence-corrected chi connectivity index (χ2v) is 8.54. The summed E-state index contributed by atoms with van der Waals surface area (Å²) in [6, 6.07) is 4.76. The standard InChI is InChI=1S/C19H26N2O5S/c1-2-26-17-8-7-16(20-19(22)13-15-5-3-4-6-15)14-18(17)27(23,24)21-9-11-25-12-10-21/h3,5,7-8,14-15H,2,4,6,9-13H2,1H3,(H,20,22). The van der Waals surface area contributed by atoms with Gasteiger partial charge in [-0.15, -0.1) is 0 Å². The monoisotopic (exact) mass is 394 g/mol. The third-order valence-electron chi connectivity index (χ3n) is 4.68. The Morgan fingerprint density at radius 3 is 2.78 bits per heavy atom. The molecule has 1 fully saturated rings. The number of allylic oxidation sites excluding steroid dienone is 2. The quantitative estimate of drug-likeness (QED) is 0.718. The van der Waals surface area contributed by atoms with E-state index in [9.17, 15) is 13.2 Å². The van der Waals surface area contributed by atoms with Crippen molar-refractivity contribution in [2.45, 2.75) is 31.1 Å². The molecular formula is C19H26N2O5S. The molecule has 1 heterocycles. The minimum atomic E-state index is -3.73. The summed E-state index contributed by atoms with van der Waals surface area (Å²) in [6.45, 7) is 3.50. The minimum absolute atomic E-state index is 0.0739. The summed E-state index contributed by atoms with van der Waals surface area (Å²) >= 11 is 0. The minimum Gasteiger partial charge on any atom is -0.492 e. The van der Waals surface area contributed by atoms with Crippen molar-refractivity contribution < 1.29 is 22.7 Å². The number of benzene rings is 1. The van der Waals surface area contributed by atoms with Crippen LogP contribution in [-0.2, 0) is 19.6 Å². The molecule has 0 bridgehead atoms. The average molecular weight is 394 g/mol. The molecule has 0 aromatic heterocycles. The zero-order valence-corrected chi connectivity index (χ0v) is 16.3. The molecule has 0 saturated carbocycles. The van der Waals surface area contributed by atoms with Crippen molar-refractivity contribution in [3.8, 4) is 5.75 Å². The summed E-state index contributed by atoms with van der Waals surface area (Å²) in [7, 11) is -3.73. The van der Waals surface area contributed by atoms with Gasteiger partial charge in [-0.3, -0.25) is 4.79 Å².